The number of para-hydroxylation sites is 2. The summed E-state index contributed by atoms with van der Waals surface area (Å²) in [4.78, 5) is 56.1. The van der Waals surface area contributed by atoms with Crippen LogP contribution in [0.3, 0.4) is 0 Å². The number of carbonyl (C=O) groups is 2. The first kappa shape index (κ1) is 39.0. The summed E-state index contributed by atoms with van der Waals surface area (Å²) < 4.78 is 51.0. The fraction of sp³-hybridized carbons (Fsp3) is 0.146. The van der Waals surface area contributed by atoms with Gasteiger partial charge in [-0.15, -0.1) is 0 Å². The monoisotopic (exact) mass is 807 g/mol. The van der Waals surface area contributed by atoms with E-state index in [9.17, 15) is 23.7 Å². The van der Waals surface area contributed by atoms with Crippen LogP contribution in [0.5, 0.6) is 11.5 Å². The molecule has 1 aliphatic rings. The molecule has 6 aromatic rings. The molecule has 7 rings (SSSR count). The lowest BCUT2D eigenvalue weighted by Gasteiger charge is -2.25. The number of phosphoric ester groups is 1. The molecule has 290 valence electrons. The van der Waals surface area contributed by atoms with Crippen LogP contribution < -0.4 is 20.3 Å². The third-order valence-corrected chi connectivity index (χ3v) is 10.7. The van der Waals surface area contributed by atoms with Crippen molar-refractivity contribution in [2.24, 2.45) is 0 Å². The summed E-state index contributed by atoms with van der Waals surface area (Å²) in [6.07, 6.45) is -6.10. The molecule has 2 heterocycles. The van der Waals surface area contributed by atoms with Crippen LogP contribution in [0.25, 0.3) is 0 Å². The van der Waals surface area contributed by atoms with Crippen molar-refractivity contribution >= 4 is 31.5 Å². The average molecular weight is 808 g/mol. The van der Waals surface area contributed by atoms with E-state index in [1.807, 2.05) is 30.3 Å². The number of esters is 2. The van der Waals surface area contributed by atoms with Crippen LogP contribution in [-0.4, -0.2) is 51.6 Å². The molecule has 0 radical (unpaired) electrons. The van der Waals surface area contributed by atoms with Crippen molar-refractivity contribution < 1.29 is 41.9 Å². The molecule has 14 nitrogen and oxygen atoms in total. The van der Waals surface area contributed by atoms with Crippen LogP contribution in [-0.2, 0) is 29.1 Å². The number of H-pyrrole nitrogens is 1. The van der Waals surface area contributed by atoms with Crippen molar-refractivity contribution in [1.82, 2.24) is 14.8 Å². The normalized spacial score (nSPS) is 17.7. The number of hydrogen-bond acceptors (Lipinski definition) is 13. The van der Waals surface area contributed by atoms with Crippen LogP contribution in [0.1, 0.15) is 32.5 Å². The van der Waals surface area contributed by atoms with E-state index >= 15 is 0 Å². The van der Waals surface area contributed by atoms with Crippen molar-refractivity contribution in [2.45, 2.75) is 35.3 Å². The number of aromatic nitrogens is 3. The summed E-state index contributed by atoms with van der Waals surface area (Å²) in [6, 6.07) is 41.7. The van der Waals surface area contributed by atoms with Gasteiger partial charge in [-0.1, -0.05) is 115 Å². The lowest BCUT2D eigenvalue weighted by atomic mass is 10.1. The van der Waals surface area contributed by atoms with Gasteiger partial charge in [-0.3, -0.25) is 14.3 Å². The lowest BCUT2D eigenvalue weighted by molar-refractivity contribution is -0.0669. The Bertz CT molecular complexity index is 2400. The molecule has 1 aliphatic heterocycles. The van der Waals surface area contributed by atoms with Crippen molar-refractivity contribution in [3.05, 3.63) is 189 Å². The van der Waals surface area contributed by atoms with Gasteiger partial charge in [0.1, 0.15) is 17.6 Å². The second-order valence-corrected chi connectivity index (χ2v) is 14.9. The highest BCUT2D eigenvalue weighted by Gasteiger charge is 2.53. The minimum atomic E-state index is -4.55. The van der Waals surface area contributed by atoms with Gasteiger partial charge in [-0.05, 0) is 54.1 Å². The first-order valence-corrected chi connectivity index (χ1v) is 20.0. The van der Waals surface area contributed by atoms with Gasteiger partial charge in [-0.25, -0.2) is 18.9 Å². The third-order valence-electron chi connectivity index (χ3n) is 8.39. The third kappa shape index (κ3) is 9.95. The summed E-state index contributed by atoms with van der Waals surface area (Å²) in [5.74, 6) is -1.03. The van der Waals surface area contributed by atoms with Gasteiger partial charge in [0.15, 0.2) is 23.5 Å². The summed E-state index contributed by atoms with van der Waals surface area (Å²) in [7, 11) is -4.55. The van der Waals surface area contributed by atoms with Crippen LogP contribution in [0, 0.1) is 0 Å². The zero-order valence-corrected chi connectivity index (χ0v) is 31.6. The molecule has 1 N–H and O–H groups in total. The van der Waals surface area contributed by atoms with Crippen molar-refractivity contribution in [3.8, 4) is 11.5 Å². The average Bonchev–Trinajstić information content (AvgIpc) is 3.56. The Labute approximate surface area is 329 Å². The number of rotatable bonds is 15. The largest absolute Gasteiger partial charge is 0.587 e. The molecule has 0 aliphatic carbocycles. The molecule has 1 aromatic heterocycles. The van der Waals surface area contributed by atoms with Crippen molar-refractivity contribution in [2.75, 3.05) is 6.61 Å². The number of nitrogens with zero attached hydrogens (tertiary/aromatic N) is 2. The first-order valence-electron chi connectivity index (χ1n) is 17.6. The van der Waals surface area contributed by atoms with Gasteiger partial charge in [0.2, 0.25) is 0 Å². The van der Waals surface area contributed by atoms with E-state index in [4.69, 9.17) is 27.8 Å². The predicted octanol–water partition coefficient (Wildman–Crippen LogP) is 6.86. The molecule has 4 unspecified atom stereocenters. The van der Waals surface area contributed by atoms with Crippen LogP contribution in [0.2, 0.25) is 0 Å². The van der Waals surface area contributed by atoms with Crippen molar-refractivity contribution in [1.29, 1.82) is 0 Å². The van der Waals surface area contributed by atoms with Gasteiger partial charge in [0.25, 0.3) is 5.56 Å². The second-order valence-electron chi connectivity index (χ2n) is 12.4. The molecular formula is C41H34N3O11PS. The standard InChI is InChI=1S/C41H34N3O11PS/c45-36-37(57-27-28-16-6-1-7-17-28)43-44(41(48)42-36)38-35(53-40(47)30-20-10-3-11-21-30)34(52-39(46)29-18-8-2-9-19-29)33(51-38)26-50-56(49,54-31-22-12-4-13-23-31)55-32-24-14-5-15-25-32/h1-25,33-35,38H,26-27H2,(H,42,45,48). The van der Waals surface area contributed by atoms with Crippen molar-refractivity contribution in [3.63, 3.8) is 0 Å². The van der Waals surface area contributed by atoms with E-state index < -0.39 is 62.2 Å². The molecule has 4 atom stereocenters. The summed E-state index contributed by atoms with van der Waals surface area (Å²) in [6.45, 7) is -0.646. The number of phosphoric acid groups is 1. The maximum atomic E-state index is 14.4. The SMILES string of the molecule is O=C(OC1C(COP(=O)(Oc2ccccc2)Oc2ccccc2)OC(n2nc(SCc3ccccc3)c(=O)[nH]c2=O)C1OC(=O)c1ccccc1)c1ccccc1. The van der Waals surface area contributed by atoms with Crippen LogP contribution >= 0.6 is 19.6 Å². The molecular weight excluding hydrogens is 774 g/mol. The molecule has 0 spiro atoms. The van der Waals surface area contributed by atoms with Crippen LogP contribution in [0.4, 0.5) is 0 Å². The smallest absolute Gasteiger partial charge is 0.452 e. The van der Waals surface area contributed by atoms with Gasteiger partial charge < -0.3 is 23.3 Å². The summed E-state index contributed by atoms with van der Waals surface area (Å²) in [5, 5.41) is 4.25. The predicted molar refractivity (Wildman–Crippen MR) is 208 cm³/mol. The molecule has 0 saturated carbocycles. The maximum Gasteiger partial charge on any atom is 0.587 e. The number of aromatic amines is 1. The zero-order valence-electron chi connectivity index (χ0n) is 29.9. The number of nitrogens with one attached hydrogen (secondary N) is 1. The van der Waals surface area contributed by atoms with Crippen LogP contribution in [0.15, 0.2) is 166 Å². The fourth-order valence-corrected chi connectivity index (χ4v) is 7.74. The Balaban J connectivity index is 1.26. The highest BCUT2D eigenvalue weighted by atomic mass is 32.2. The van der Waals surface area contributed by atoms with Gasteiger partial charge in [0.05, 0.1) is 17.7 Å². The van der Waals surface area contributed by atoms with E-state index in [-0.39, 0.29) is 27.7 Å². The molecule has 57 heavy (non-hydrogen) atoms. The van der Waals surface area contributed by atoms with E-state index in [2.05, 4.69) is 10.1 Å². The summed E-state index contributed by atoms with van der Waals surface area (Å²) in [5.41, 5.74) is -0.578. The number of thioether (sulfide) groups is 1. The number of hydrogen-bond donors (Lipinski definition) is 1. The molecule has 5 aromatic carbocycles. The fourth-order valence-electron chi connectivity index (χ4n) is 5.69. The Kier molecular flexibility index (Phi) is 12.4. The summed E-state index contributed by atoms with van der Waals surface area (Å²) >= 11 is 1.06. The van der Waals surface area contributed by atoms with Gasteiger partial charge >= 0.3 is 25.5 Å². The number of carbonyl (C=O) groups excluding carboxylic acids is 2. The highest BCUT2D eigenvalue weighted by Crippen LogP contribution is 2.50. The Hall–Kier alpha value is -6.25. The molecule has 16 heteroatoms. The quantitative estimate of drug-likeness (QED) is 0.0649. The van der Waals surface area contributed by atoms with E-state index in [0.717, 1.165) is 22.0 Å². The lowest BCUT2D eigenvalue weighted by Crippen LogP contribution is -2.44. The Morgan fingerprint density at radius 2 is 1.16 bits per heavy atom. The van der Waals surface area contributed by atoms with Gasteiger partial charge in [0, 0.05) is 5.75 Å². The van der Waals surface area contributed by atoms with E-state index in [0.29, 0.717) is 5.75 Å². The Morgan fingerprint density at radius 3 is 1.68 bits per heavy atom. The zero-order chi connectivity index (χ0) is 39.6. The number of benzene rings is 5. The molecule has 1 saturated heterocycles. The molecule has 0 amide bonds. The van der Waals surface area contributed by atoms with E-state index in [1.54, 1.807) is 97.1 Å². The van der Waals surface area contributed by atoms with E-state index in [1.165, 1.54) is 24.3 Å². The molecule has 1 fully saturated rings. The van der Waals surface area contributed by atoms with Gasteiger partial charge in [-0.2, -0.15) is 9.78 Å². The minimum Gasteiger partial charge on any atom is -0.452 e. The highest BCUT2D eigenvalue weighted by molar-refractivity contribution is 7.98. The Morgan fingerprint density at radius 1 is 0.684 bits per heavy atom. The number of ether oxygens (including phenoxy) is 3. The topological polar surface area (TPSA) is 174 Å². The first-order chi connectivity index (χ1) is 27.7. The molecule has 0 bridgehead atoms. The second kappa shape index (κ2) is 18.1. The minimum absolute atomic E-state index is 0.0928. The maximum absolute atomic E-state index is 14.4.